The highest BCUT2D eigenvalue weighted by Gasteiger charge is 2.20. The van der Waals surface area contributed by atoms with E-state index in [4.69, 9.17) is 5.73 Å². The van der Waals surface area contributed by atoms with E-state index >= 15 is 0 Å². The van der Waals surface area contributed by atoms with E-state index in [1.165, 1.54) is 44.5 Å². The molecule has 1 heterocycles. The molecule has 1 unspecified atom stereocenters. The van der Waals surface area contributed by atoms with Crippen LogP contribution in [0.4, 0.5) is 0 Å². The first-order chi connectivity index (χ1) is 9.28. The van der Waals surface area contributed by atoms with Gasteiger partial charge in [0.05, 0.1) is 0 Å². The lowest BCUT2D eigenvalue weighted by molar-refractivity contribution is 0.162. The summed E-state index contributed by atoms with van der Waals surface area (Å²) in [5, 5.41) is 0. The molecule has 1 aromatic carbocycles. The maximum absolute atomic E-state index is 5.62. The zero-order valence-corrected chi connectivity index (χ0v) is 12.2. The quantitative estimate of drug-likeness (QED) is 0.852. The topological polar surface area (TPSA) is 29.3 Å². The molecule has 2 nitrogen and oxygen atoms in total. The van der Waals surface area contributed by atoms with Crippen LogP contribution in [0.15, 0.2) is 30.3 Å². The van der Waals surface area contributed by atoms with Crippen molar-refractivity contribution in [3.05, 3.63) is 35.9 Å². The van der Waals surface area contributed by atoms with Gasteiger partial charge < -0.3 is 10.6 Å². The number of benzene rings is 1. The van der Waals surface area contributed by atoms with Gasteiger partial charge in [-0.25, -0.2) is 0 Å². The summed E-state index contributed by atoms with van der Waals surface area (Å²) in [5.41, 5.74) is 7.12. The average molecular weight is 260 g/mol. The predicted molar refractivity (Wildman–Crippen MR) is 82.1 cm³/mol. The molecule has 1 atom stereocenters. The maximum atomic E-state index is 5.62. The molecule has 2 N–H and O–H groups in total. The minimum absolute atomic E-state index is 0.746. The zero-order valence-electron chi connectivity index (χ0n) is 12.2. The highest BCUT2D eigenvalue weighted by molar-refractivity contribution is 5.15. The fourth-order valence-corrected chi connectivity index (χ4v) is 3.14. The summed E-state index contributed by atoms with van der Waals surface area (Å²) in [6.07, 6.45) is 5.12. The SMILES string of the molecule is CC(CCN)CN1CCC(Cc2ccccc2)CC1. The molecule has 1 aliphatic rings. The smallest absolute Gasteiger partial charge is 0.000749 e. The fraction of sp³-hybridized carbons (Fsp3) is 0.647. The molecule has 1 aliphatic heterocycles. The third-order valence-corrected chi connectivity index (χ3v) is 4.30. The number of hydrogen-bond donors (Lipinski definition) is 1. The zero-order chi connectivity index (χ0) is 13.5. The van der Waals surface area contributed by atoms with E-state index in [9.17, 15) is 0 Å². The van der Waals surface area contributed by atoms with Crippen molar-refractivity contribution in [1.82, 2.24) is 4.90 Å². The Hall–Kier alpha value is -0.860. The van der Waals surface area contributed by atoms with Gasteiger partial charge in [-0.1, -0.05) is 37.3 Å². The molecule has 0 radical (unpaired) electrons. The first-order valence-corrected chi connectivity index (χ1v) is 7.74. The normalized spacial score (nSPS) is 19.5. The summed E-state index contributed by atoms with van der Waals surface area (Å²) in [6.45, 7) is 6.92. The molecule has 0 spiro atoms. The number of piperidine rings is 1. The number of nitrogens with two attached hydrogens (primary N) is 1. The fourth-order valence-electron chi connectivity index (χ4n) is 3.14. The Labute approximate surface area is 118 Å². The van der Waals surface area contributed by atoms with Crippen LogP contribution < -0.4 is 5.73 Å². The number of likely N-dealkylation sites (tertiary alicyclic amines) is 1. The van der Waals surface area contributed by atoms with Crippen LogP contribution in [-0.2, 0) is 6.42 Å². The number of rotatable bonds is 6. The molecular weight excluding hydrogens is 232 g/mol. The van der Waals surface area contributed by atoms with Gasteiger partial charge in [0.25, 0.3) is 0 Å². The van der Waals surface area contributed by atoms with Crippen LogP contribution in [0.25, 0.3) is 0 Å². The predicted octanol–water partition coefficient (Wildman–Crippen LogP) is 2.93. The van der Waals surface area contributed by atoms with E-state index in [0.29, 0.717) is 0 Å². The van der Waals surface area contributed by atoms with Crippen LogP contribution in [0, 0.1) is 11.8 Å². The summed E-state index contributed by atoms with van der Waals surface area (Å²) in [6, 6.07) is 10.9. The molecule has 106 valence electrons. The summed E-state index contributed by atoms with van der Waals surface area (Å²) in [5.74, 6) is 1.62. The second-order valence-electron chi connectivity index (χ2n) is 6.12. The summed E-state index contributed by atoms with van der Waals surface area (Å²) in [4.78, 5) is 2.63. The van der Waals surface area contributed by atoms with Gasteiger partial charge in [0.2, 0.25) is 0 Å². The first-order valence-electron chi connectivity index (χ1n) is 7.74. The largest absolute Gasteiger partial charge is 0.330 e. The van der Waals surface area contributed by atoms with Crippen LogP contribution in [0.1, 0.15) is 31.7 Å². The lowest BCUT2D eigenvalue weighted by atomic mass is 9.90. The third kappa shape index (κ3) is 4.96. The molecule has 2 heteroatoms. The van der Waals surface area contributed by atoms with Gasteiger partial charge in [0.1, 0.15) is 0 Å². The third-order valence-electron chi connectivity index (χ3n) is 4.30. The summed E-state index contributed by atoms with van der Waals surface area (Å²) in [7, 11) is 0. The van der Waals surface area contributed by atoms with E-state index in [1.807, 2.05) is 0 Å². The first kappa shape index (κ1) is 14.5. The Morgan fingerprint density at radius 3 is 2.53 bits per heavy atom. The van der Waals surface area contributed by atoms with Crippen LogP contribution in [-0.4, -0.2) is 31.1 Å². The van der Waals surface area contributed by atoms with Crippen LogP contribution >= 0.6 is 0 Å². The molecule has 0 saturated carbocycles. The summed E-state index contributed by atoms with van der Waals surface area (Å²) >= 11 is 0. The Bertz CT molecular complexity index is 342. The molecule has 0 aliphatic carbocycles. The van der Waals surface area contributed by atoms with E-state index in [1.54, 1.807) is 0 Å². The average Bonchev–Trinajstić information content (AvgIpc) is 2.42. The van der Waals surface area contributed by atoms with Gasteiger partial charge in [-0.3, -0.25) is 0 Å². The van der Waals surface area contributed by atoms with Gasteiger partial charge in [-0.15, -0.1) is 0 Å². The van der Waals surface area contributed by atoms with Gasteiger partial charge in [-0.2, -0.15) is 0 Å². The van der Waals surface area contributed by atoms with Crippen molar-refractivity contribution in [2.75, 3.05) is 26.2 Å². The Balaban J connectivity index is 1.70. The minimum Gasteiger partial charge on any atom is -0.330 e. The van der Waals surface area contributed by atoms with Crippen LogP contribution in [0.3, 0.4) is 0 Å². The second kappa shape index (κ2) is 7.66. The molecule has 1 saturated heterocycles. The minimum atomic E-state index is 0.746. The Kier molecular flexibility index (Phi) is 5.87. The summed E-state index contributed by atoms with van der Waals surface area (Å²) < 4.78 is 0. The number of nitrogens with zero attached hydrogens (tertiary/aromatic N) is 1. The molecule has 0 bridgehead atoms. The van der Waals surface area contributed by atoms with E-state index in [2.05, 4.69) is 42.2 Å². The molecule has 0 amide bonds. The molecule has 19 heavy (non-hydrogen) atoms. The Morgan fingerprint density at radius 2 is 1.89 bits per heavy atom. The van der Waals surface area contributed by atoms with Crippen molar-refractivity contribution >= 4 is 0 Å². The van der Waals surface area contributed by atoms with Gasteiger partial charge in [-0.05, 0) is 62.7 Å². The lowest BCUT2D eigenvalue weighted by Gasteiger charge is -2.33. The molecule has 2 rings (SSSR count). The molecule has 1 fully saturated rings. The Morgan fingerprint density at radius 1 is 1.21 bits per heavy atom. The van der Waals surface area contributed by atoms with E-state index in [-0.39, 0.29) is 0 Å². The lowest BCUT2D eigenvalue weighted by Crippen LogP contribution is -2.37. The molecule has 1 aromatic rings. The van der Waals surface area contributed by atoms with Crippen LogP contribution in [0.2, 0.25) is 0 Å². The number of hydrogen-bond acceptors (Lipinski definition) is 2. The van der Waals surface area contributed by atoms with Crippen molar-refractivity contribution < 1.29 is 0 Å². The molecule has 0 aromatic heterocycles. The van der Waals surface area contributed by atoms with Crippen LogP contribution in [0.5, 0.6) is 0 Å². The highest BCUT2D eigenvalue weighted by Crippen LogP contribution is 2.22. The van der Waals surface area contributed by atoms with Gasteiger partial charge in [0, 0.05) is 6.54 Å². The second-order valence-corrected chi connectivity index (χ2v) is 6.12. The highest BCUT2D eigenvalue weighted by atomic mass is 15.1. The van der Waals surface area contributed by atoms with Crippen molar-refractivity contribution in [2.45, 2.75) is 32.6 Å². The monoisotopic (exact) mass is 260 g/mol. The molecular formula is C17H28N2. The van der Waals surface area contributed by atoms with Crippen molar-refractivity contribution in [3.8, 4) is 0 Å². The van der Waals surface area contributed by atoms with Gasteiger partial charge >= 0.3 is 0 Å². The van der Waals surface area contributed by atoms with Crippen molar-refractivity contribution in [2.24, 2.45) is 17.6 Å². The van der Waals surface area contributed by atoms with E-state index in [0.717, 1.165) is 24.8 Å². The van der Waals surface area contributed by atoms with Crippen molar-refractivity contribution in [1.29, 1.82) is 0 Å². The standard InChI is InChI=1S/C17H28N2/c1-15(7-10-18)14-19-11-8-17(9-12-19)13-16-5-3-2-4-6-16/h2-6,15,17H,7-14,18H2,1H3. The van der Waals surface area contributed by atoms with Crippen molar-refractivity contribution in [3.63, 3.8) is 0 Å². The van der Waals surface area contributed by atoms with E-state index < -0.39 is 0 Å². The van der Waals surface area contributed by atoms with Gasteiger partial charge in [0.15, 0.2) is 0 Å². The maximum Gasteiger partial charge on any atom is 0.000749 e.